The molecule has 0 heterocycles. The number of halogens is 2. The minimum absolute atomic E-state index is 0.0570. The predicted octanol–water partition coefficient (Wildman–Crippen LogP) is 2.55. The van der Waals surface area contributed by atoms with Gasteiger partial charge < -0.3 is 9.64 Å². The fourth-order valence-corrected chi connectivity index (χ4v) is 3.41. The van der Waals surface area contributed by atoms with E-state index in [2.05, 4.69) is 4.72 Å². The molecule has 0 fully saturated rings. The van der Waals surface area contributed by atoms with Crippen LogP contribution in [0.3, 0.4) is 0 Å². The highest BCUT2D eigenvalue weighted by Gasteiger charge is 2.21. The van der Waals surface area contributed by atoms with Crippen molar-refractivity contribution in [3.8, 4) is 5.75 Å². The van der Waals surface area contributed by atoms with Crippen molar-refractivity contribution in [1.29, 1.82) is 0 Å². The molecule has 1 unspecified atom stereocenters. The molecule has 1 atom stereocenters. The molecule has 8 heteroatoms. The van der Waals surface area contributed by atoms with Gasteiger partial charge in [0.15, 0.2) is 11.6 Å². The molecule has 0 amide bonds. The first-order chi connectivity index (χ1) is 11.7. The SMILES string of the molecule is COc1cccc(C(CNS(=O)(=O)c2ccc(F)c(F)c2)N(C)C)c1. The fourth-order valence-electron chi connectivity index (χ4n) is 2.36. The van der Waals surface area contributed by atoms with E-state index in [0.29, 0.717) is 11.8 Å². The molecular weight excluding hydrogens is 350 g/mol. The Labute approximate surface area is 146 Å². The number of ether oxygens (including phenoxy) is 1. The maximum Gasteiger partial charge on any atom is 0.240 e. The number of likely N-dealkylation sites (N-methyl/N-ethyl adjacent to an activating group) is 1. The van der Waals surface area contributed by atoms with Crippen LogP contribution in [0.1, 0.15) is 11.6 Å². The zero-order valence-corrected chi connectivity index (χ0v) is 15.0. The van der Waals surface area contributed by atoms with Crippen LogP contribution in [-0.2, 0) is 10.0 Å². The highest BCUT2D eigenvalue weighted by Crippen LogP contribution is 2.23. The smallest absolute Gasteiger partial charge is 0.240 e. The average Bonchev–Trinajstić information content (AvgIpc) is 2.57. The number of sulfonamides is 1. The van der Waals surface area contributed by atoms with Gasteiger partial charge >= 0.3 is 0 Å². The van der Waals surface area contributed by atoms with Gasteiger partial charge in [-0.1, -0.05) is 12.1 Å². The second-order valence-corrected chi connectivity index (χ2v) is 7.45. The van der Waals surface area contributed by atoms with E-state index < -0.39 is 21.7 Å². The van der Waals surface area contributed by atoms with Gasteiger partial charge in [-0.2, -0.15) is 0 Å². The summed E-state index contributed by atoms with van der Waals surface area (Å²) in [5.74, 6) is -1.64. The van der Waals surface area contributed by atoms with Crippen molar-refractivity contribution in [3.63, 3.8) is 0 Å². The van der Waals surface area contributed by atoms with Gasteiger partial charge in [0.2, 0.25) is 10.0 Å². The van der Waals surface area contributed by atoms with E-state index in [1.165, 1.54) is 0 Å². The quantitative estimate of drug-likeness (QED) is 0.814. The molecule has 0 aromatic heterocycles. The number of rotatable bonds is 7. The van der Waals surface area contributed by atoms with Gasteiger partial charge in [-0.05, 0) is 50.0 Å². The molecule has 0 bridgehead atoms. The van der Waals surface area contributed by atoms with Crippen molar-refractivity contribution >= 4 is 10.0 Å². The van der Waals surface area contributed by atoms with Crippen molar-refractivity contribution < 1.29 is 21.9 Å². The molecule has 0 spiro atoms. The lowest BCUT2D eigenvalue weighted by Gasteiger charge is -2.25. The third kappa shape index (κ3) is 4.75. The van der Waals surface area contributed by atoms with E-state index in [0.717, 1.165) is 17.7 Å². The first-order valence-corrected chi connectivity index (χ1v) is 8.98. The molecule has 1 N–H and O–H groups in total. The van der Waals surface area contributed by atoms with Crippen LogP contribution in [0.5, 0.6) is 5.75 Å². The molecule has 0 aliphatic heterocycles. The monoisotopic (exact) mass is 370 g/mol. The summed E-state index contributed by atoms with van der Waals surface area (Å²) in [6.07, 6.45) is 0. The van der Waals surface area contributed by atoms with E-state index in [1.54, 1.807) is 13.2 Å². The normalized spacial score (nSPS) is 13.0. The van der Waals surface area contributed by atoms with Crippen LogP contribution in [-0.4, -0.2) is 41.1 Å². The average molecular weight is 370 g/mol. The van der Waals surface area contributed by atoms with E-state index in [1.807, 2.05) is 37.2 Å². The number of hydrogen-bond donors (Lipinski definition) is 1. The van der Waals surface area contributed by atoms with Crippen molar-refractivity contribution in [3.05, 3.63) is 59.7 Å². The second-order valence-electron chi connectivity index (χ2n) is 5.68. The van der Waals surface area contributed by atoms with Gasteiger partial charge in [0, 0.05) is 12.6 Å². The summed E-state index contributed by atoms with van der Waals surface area (Å²) in [7, 11) is 1.22. The van der Waals surface area contributed by atoms with E-state index in [9.17, 15) is 17.2 Å². The lowest BCUT2D eigenvalue weighted by Crippen LogP contribution is -2.34. The van der Waals surface area contributed by atoms with Crippen LogP contribution in [0, 0.1) is 11.6 Å². The number of nitrogens with one attached hydrogen (secondary N) is 1. The molecular formula is C17H20F2N2O3S. The van der Waals surface area contributed by atoms with Crippen molar-refractivity contribution in [2.45, 2.75) is 10.9 Å². The molecule has 2 aromatic carbocycles. The van der Waals surface area contributed by atoms with Gasteiger partial charge in [-0.3, -0.25) is 0 Å². The summed E-state index contributed by atoms with van der Waals surface area (Å²) < 4.78 is 58.6. The molecule has 0 saturated heterocycles. The molecule has 2 aromatic rings. The Balaban J connectivity index is 2.21. The largest absolute Gasteiger partial charge is 0.497 e. The number of nitrogens with zero attached hydrogens (tertiary/aromatic N) is 1. The van der Waals surface area contributed by atoms with Gasteiger partial charge in [-0.25, -0.2) is 21.9 Å². The number of benzene rings is 2. The minimum Gasteiger partial charge on any atom is -0.497 e. The molecule has 2 rings (SSSR count). The Morgan fingerprint density at radius 3 is 2.44 bits per heavy atom. The molecule has 0 saturated carbocycles. The van der Waals surface area contributed by atoms with Crippen molar-refractivity contribution in [2.75, 3.05) is 27.7 Å². The van der Waals surface area contributed by atoms with Gasteiger partial charge in [0.1, 0.15) is 5.75 Å². The minimum atomic E-state index is -3.97. The molecule has 136 valence electrons. The summed E-state index contributed by atoms with van der Waals surface area (Å²) in [6.45, 7) is 0.0570. The third-order valence-corrected chi connectivity index (χ3v) is 5.19. The van der Waals surface area contributed by atoms with Gasteiger partial charge in [0.05, 0.1) is 12.0 Å². The highest BCUT2D eigenvalue weighted by atomic mass is 32.2. The Kier molecular flexibility index (Phi) is 6.10. The lowest BCUT2D eigenvalue weighted by molar-refractivity contribution is 0.298. The maximum absolute atomic E-state index is 13.3. The Bertz CT molecular complexity index is 842. The standard InChI is InChI=1S/C17H20F2N2O3S/c1-21(2)17(12-5-4-6-13(9-12)24-3)11-20-25(22,23)14-7-8-15(18)16(19)10-14/h4-10,17,20H,11H2,1-3H3. The lowest BCUT2D eigenvalue weighted by atomic mass is 10.1. The molecule has 0 radical (unpaired) electrons. The van der Waals surface area contributed by atoms with E-state index in [4.69, 9.17) is 4.74 Å². The van der Waals surface area contributed by atoms with Crippen LogP contribution in [0.4, 0.5) is 8.78 Å². The predicted molar refractivity (Wildman–Crippen MR) is 91.0 cm³/mol. The summed E-state index contributed by atoms with van der Waals surface area (Å²) in [5, 5.41) is 0. The summed E-state index contributed by atoms with van der Waals surface area (Å²) in [5.41, 5.74) is 0.859. The van der Waals surface area contributed by atoms with Gasteiger partial charge in [0.25, 0.3) is 0 Å². The maximum atomic E-state index is 13.3. The summed E-state index contributed by atoms with van der Waals surface area (Å²) >= 11 is 0. The zero-order chi connectivity index (χ0) is 18.6. The Morgan fingerprint density at radius 2 is 1.84 bits per heavy atom. The van der Waals surface area contributed by atoms with Crippen LogP contribution in [0.25, 0.3) is 0 Å². The van der Waals surface area contributed by atoms with Crippen LogP contribution in [0.2, 0.25) is 0 Å². The topological polar surface area (TPSA) is 58.6 Å². The van der Waals surface area contributed by atoms with Crippen molar-refractivity contribution in [1.82, 2.24) is 9.62 Å². The molecule has 25 heavy (non-hydrogen) atoms. The zero-order valence-electron chi connectivity index (χ0n) is 14.2. The summed E-state index contributed by atoms with van der Waals surface area (Å²) in [4.78, 5) is 1.53. The van der Waals surface area contributed by atoms with E-state index >= 15 is 0 Å². The van der Waals surface area contributed by atoms with E-state index in [-0.39, 0.29) is 17.5 Å². The number of methoxy groups -OCH3 is 1. The second kappa shape index (κ2) is 7.90. The fraction of sp³-hybridized carbons (Fsp3) is 0.294. The molecule has 5 nitrogen and oxygen atoms in total. The highest BCUT2D eigenvalue weighted by molar-refractivity contribution is 7.89. The van der Waals surface area contributed by atoms with Crippen LogP contribution < -0.4 is 9.46 Å². The first-order valence-electron chi connectivity index (χ1n) is 7.49. The molecule has 0 aliphatic carbocycles. The Hall–Kier alpha value is -2.03. The third-order valence-electron chi connectivity index (χ3n) is 3.77. The first kappa shape index (κ1) is 19.3. The summed E-state index contributed by atoms with van der Waals surface area (Å²) in [6, 6.07) is 9.49. The van der Waals surface area contributed by atoms with Crippen molar-refractivity contribution in [2.24, 2.45) is 0 Å². The number of hydrogen-bond acceptors (Lipinski definition) is 4. The molecule has 0 aliphatic rings. The van der Waals surface area contributed by atoms with Gasteiger partial charge in [-0.15, -0.1) is 0 Å². The van der Waals surface area contributed by atoms with Crippen LogP contribution in [0.15, 0.2) is 47.4 Å². The van der Waals surface area contributed by atoms with Crippen LogP contribution >= 0.6 is 0 Å². The Morgan fingerprint density at radius 1 is 1.12 bits per heavy atom.